The molecule has 0 aliphatic rings. The maximum Gasteiger partial charge on any atom is 0.0838 e. The number of halogens is 1. The van der Waals surface area contributed by atoms with Crippen LogP contribution in [0.5, 0.6) is 0 Å². The van der Waals surface area contributed by atoms with Crippen LogP contribution in [0.4, 0.5) is 0 Å². The van der Waals surface area contributed by atoms with Gasteiger partial charge in [-0.2, -0.15) is 10.2 Å². The van der Waals surface area contributed by atoms with Gasteiger partial charge in [0.05, 0.1) is 16.4 Å². The van der Waals surface area contributed by atoms with Crippen molar-refractivity contribution in [2.75, 3.05) is 0 Å². The Morgan fingerprint density at radius 3 is 2.58 bits per heavy atom. The van der Waals surface area contributed by atoms with Crippen molar-refractivity contribution >= 4 is 11.6 Å². The molecular weight excluding hydrogens is 260 g/mol. The Bertz CT molecular complexity index is 556. The molecule has 0 spiro atoms. The summed E-state index contributed by atoms with van der Waals surface area (Å²) in [5.74, 6) is 0.355. The lowest BCUT2D eigenvalue weighted by atomic mass is 10.0. The van der Waals surface area contributed by atoms with E-state index in [-0.39, 0.29) is 0 Å². The standard InChI is InChI=1S/C14H21ClN4/c1-5-11-8-12(19(4)16-11)7-6-10(2)14-13(15)9-18(3)17-14/h8-10H,5-7H2,1-4H3. The Balaban J connectivity index is 2.02. The molecule has 1 unspecified atom stereocenters. The van der Waals surface area contributed by atoms with E-state index in [1.54, 1.807) is 4.68 Å². The summed E-state index contributed by atoms with van der Waals surface area (Å²) in [6.07, 6.45) is 4.86. The molecule has 0 aliphatic heterocycles. The van der Waals surface area contributed by atoms with Crippen molar-refractivity contribution in [2.45, 2.75) is 39.0 Å². The summed E-state index contributed by atoms with van der Waals surface area (Å²) in [5, 5.41) is 9.66. The summed E-state index contributed by atoms with van der Waals surface area (Å²) in [6.45, 7) is 4.30. The summed E-state index contributed by atoms with van der Waals surface area (Å²) in [4.78, 5) is 0. The van der Waals surface area contributed by atoms with Crippen molar-refractivity contribution in [3.05, 3.63) is 34.4 Å². The van der Waals surface area contributed by atoms with Crippen molar-refractivity contribution in [1.82, 2.24) is 19.6 Å². The fraction of sp³-hybridized carbons (Fsp3) is 0.571. The van der Waals surface area contributed by atoms with Crippen molar-refractivity contribution in [3.63, 3.8) is 0 Å². The van der Waals surface area contributed by atoms with Crippen molar-refractivity contribution < 1.29 is 0 Å². The highest BCUT2D eigenvalue weighted by Gasteiger charge is 2.15. The largest absolute Gasteiger partial charge is 0.274 e. The third kappa shape index (κ3) is 3.18. The lowest BCUT2D eigenvalue weighted by molar-refractivity contribution is 0.606. The minimum Gasteiger partial charge on any atom is -0.274 e. The average Bonchev–Trinajstić information content (AvgIpc) is 2.89. The Kier molecular flexibility index (Phi) is 4.30. The fourth-order valence-electron chi connectivity index (χ4n) is 2.29. The highest BCUT2D eigenvalue weighted by Crippen LogP contribution is 2.26. The Morgan fingerprint density at radius 1 is 1.32 bits per heavy atom. The van der Waals surface area contributed by atoms with Crippen LogP contribution >= 0.6 is 11.6 Å². The topological polar surface area (TPSA) is 35.6 Å². The minimum absolute atomic E-state index is 0.355. The maximum atomic E-state index is 6.18. The monoisotopic (exact) mass is 280 g/mol. The Hall–Kier alpha value is -1.29. The number of aromatic nitrogens is 4. The predicted octanol–water partition coefficient (Wildman–Crippen LogP) is 3.11. The van der Waals surface area contributed by atoms with Gasteiger partial charge in [-0.25, -0.2) is 0 Å². The average molecular weight is 281 g/mol. The van der Waals surface area contributed by atoms with Gasteiger partial charge in [0.25, 0.3) is 0 Å². The Morgan fingerprint density at radius 2 is 2.05 bits per heavy atom. The molecule has 0 N–H and O–H groups in total. The van der Waals surface area contributed by atoms with E-state index in [1.807, 2.05) is 25.0 Å². The van der Waals surface area contributed by atoms with Gasteiger partial charge in [0.1, 0.15) is 0 Å². The van der Waals surface area contributed by atoms with Crippen molar-refractivity contribution in [1.29, 1.82) is 0 Å². The van der Waals surface area contributed by atoms with Crippen LogP contribution in [0, 0.1) is 0 Å². The second-order valence-electron chi connectivity index (χ2n) is 5.08. The number of nitrogens with zero attached hydrogens (tertiary/aromatic N) is 4. The van der Waals surface area contributed by atoms with Crippen LogP contribution in [0.3, 0.4) is 0 Å². The summed E-state index contributed by atoms with van der Waals surface area (Å²) < 4.78 is 3.75. The number of rotatable bonds is 5. The minimum atomic E-state index is 0.355. The molecule has 2 aromatic rings. The molecule has 2 rings (SSSR count). The van der Waals surface area contributed by atoms with Crippen LogP contribution < -0.4 is 0 Å². The highest BCUT2D eigenvalue weighted by atomic mass is 35.5. The molecule has 5 heteroatoms. The van der Waals surface area contributed by atoms with E-state index in [0.717, 1.165) is 35.7 Å². The highest BCUT2D eigenvalue weighted by molar-refractivity contribution is 6.31. The van der Waals surface area contributed by atoms with E-state index in [0.29, 0.717) is 5.92 Å². The van der Waals surface area contributed by atoms with Gasteiger partial charge >= 0.3 is 0 Å². The molecule has 0 saturated carbocycles. The SMILES string of the molecule is CCc1cc(CCC(C)c2nn(C)cc2Cl)n(C)n1. The normalized spacial score (nSPS) is 12.9. The molecule has 2 aromatic heterocycles. The first kappa shape index (κ1) is 14.1. The quantitative estimate of drug-likeness (QED) is 0.844. The molecule has 0 aromatic carbocycles. The van der Waals surface area contributed by atoms with Gasteiger partial charge in [0.15, 0.2) is 0 Å². The second kappa shape index (κ2) is 5.78. The van der Waals surface area contributed by atoms with E-state index >= 15 is 0 Å². The first-order chi connectivity index (χ1) is 9.01. The van der Waals surface area contributed by atoms with Crippen LogP contribution in [0.1, 0.15) is 43.3 Å². The molecule has 0 fully saturated rings. The van der Waals surface area contributed by atoms with Gasteiger partial charge in [-0.3, -0.25) is 9.36 Å². The van der Waals surface area contributed by atoms with Crippen LogP contribution in [-0.4, -0.2) is 19.6 Å². The summed E-state index contributed by atoms with van der Waals surface area (Å²) in [5.41, 5.74) is 3.42. The van der Waals surface area contributed by atoms with E-state index in [4.69, 9.17) is 11.6 Å². The fourth-order valence-corrected chi connectivity index (χ4v) is 2.66. The zero-order chi connectivity index (χ0) is 14.0. The Labute approximate surface area is 119 Å². The smallest absolute Gasteiger partial charge is 0.0838 e. The van der Waals surface area contributed by atoms with E-state index < -0.39 is 0 Å². The van der Waals surface area contributed by atoms with Crippen molar-refractivity contribution in [3.8, 4) is 0 Å². The van der Waals surface area contributed by atoms with Gasteiger partial charge in [-0.15, -0.1) is 0 Å². The molecule has 0 amide bonds. The number of hydrogen-bond donors (Lipinski definition) is 0. The third-order valence-electron chi connectivity index (χ3n) is 3.50. The molecule has 0 saturated heterocycles. The lowest BCUT2D eigenvalue weighted by Crippen LogP contribution is -2.03. The van der Waals surface area contributed by atoms with Gasteiger partial charge < -0.3 is 0 Å². The molecule has 0 aliphatic carbocycles. The van der Waals surface area contributed by atoms with Gasteiger partial charge in [0.2, 0.25) is 0 Å². The molecule has 4 nitrogen and oxygen atoms in total. The molecule has 1 atom stereocenters. The maximum absolute atomic E-state index is 6.18. The summed E-state index contributed by atoms with van der Waals surface area (Å²) in [6, 6.07) is 2.19. The predicted molar refractivity (Wildman–Crippen MR) is 77.5 cm³/mol. The first-order valence-corrected chi connectivity index (χ1v) is 7.09. The first-order valence-electron chi connectivity index (χ1n) is 6.72. The molecule has 0 radical (unpaired) electrons. The molecule has 0 bridgehead atoms. The molecule has 104 valence electrons. The van der Waals surface area contributed by atoms with Crippen LogP contribution in [-0.2, 0) is 26.9 Å². The zero-order valence-corrected chi connectivity index (χ0v) is 12.8. The van der Waals surface area contributed by atoms with Crippen molar-refractivity contribution in [2.24, 2.45) is 14.1 Å². The summed E-state index contributed by atoms with van der Waals surface area (Å²) in [7, 11) is 3.91. The van der Waals surface area contributed by atoms with Crippen LogP contribution in [0.2, 0.25) is 5.02 Å². The van der Waals surface area contributed by atoms with Gasteiger partial charge in [0, 0.05) is 31.9 Å². The third-order valence-corrected chi connectivity index (χ3v) is 3.79. The van der Waals surface area contributed by atoms with E-state index in [2.05, 4.69) is 30.1 Å². The summed E-state index contributed by atoms with van der Waals surface area (Å²) >= 11 is 6.18. The van der Waals surface area contributed by atoms with E-state index in [9.17, 15) is 0 Å². The van der Waals surface area contributed by atoms with Gasteiger partial charge in [-0.05, 0) is 25.3 Å². The second-order valence-corrected chi connectivity index (χ2v) is 5.49. The van der Waals surface area contributed by atoms with Gasteiger partial charge in [-0.1, -0.05) is 25.4 Å². The number of hydrogen-bond acceptors (Lipinski definition) is 2. The molecule has 19 heavy (non-hydrogen) atoms. The van der Waals surface area contributed by atoms with Crippen LogP contribution in [0.15, 0.2) is 12.3 Å². The number of aryl methyl sites for hydroxylation is 4. The van der Waals surface area contributed by atoms with Crippen LogP contribution in [0.25, 0.3) is 0 Å². The lowest BCUT2D eigenvalue weighted by Gasteiger charge is -2.09. The molecule has 2 heterocycles. The zero-order valence-electron chi connectivity index (χ0n) is 12.0. The van der Waals surface area contributed by atoms with E-state index in [1.165, 1.54) is 5.69 Å². The molecular formula is C14H21ClN4.